The van der Waals surface area contributed by atoms with Crippen LogP contribution in [0.15, 0.2) is 30.5 Å². The van der Waals surface area contributed by atoms with Crippen LogP contribution in [-0.4, -0.2) is 52.9 Å². The van der Waals surface area contributed by atoms with Gasteiger partial charge in [0.05, 0.1) is 18.8 Å². The van der Waals surface area contributed by atoms with Crippen molar-refractivity contribution < 1.29 is 9.53 Å². The summed E-state index contributed by atoms with van der Waals surface area (Å²) in [5, 5.41) is 0. The van der Waals surface area contributed by atoms with Gasteiger partial charge in [-0.05, 0) is 44.6 Å². The van der Waals surface area contributed by atoms with Crippen LogP contribution in [0.5, 0.6) is 5.75 Å². The van der Waals surface area contributed by atoms with Crippen molar-refractivity contribution in [3.63, 3.8) is 0 Å². The van der Waals surface area contributed by atoms with E-state index in [4.69, 9.17) is 9.72 Å². The summed E-state index contributed by atoms with van der Waals surface area (Å²) < 4.78 is 5.22. The molecule has 3 heterocycles. The van der Waals surface area contributed by atoms with Gasteiger partial charge in [-0.2, -0.15) is 0 Å². The number of rotatable bonds is 3. The molecule has 6 heteroatoms. The fourth-order valence-electron chi connectivity index (χ4n) is 3.84. The molecule has 1 aromatic heterocycles. The van der Waals surface area contributed by atoms with E-state index in [1.165, 1.54) is 6.42 Å². The third-order valence-electron chi connectivity index (χ3n) is 5.37. The first kappa shape index (κ1) is 17.0. The number of carbonyl (C=O) groups excluding carboxylic acids is 1. The Morgan fingerprint density at radius 3 is 2.96 bits per heavy atom. The minimum Gasteiger partial charge on any atom is -0.497 e. The van der Waals surface area contributed by atoms with Crippen LogP contribution < -0.4 is 4.74 Å². The number of benzene rings is 1. The van der Waals surface area contributed by atoms with E-state index in [1.807, 2.05) is 29.3 Å². The molecule has 1 atom stereocenters. The van der Waals surface area contributed by atoms with Crippen molar-refractivity contribution >= 4 is 5.91 Å². The van der Waals surface area contributed by atoms with Gasteiger partial charge in [0, 0.05) is 36.8 Å². The first-order valence-corrected chi connectivity index (χ1v) is 9.14. The first-order chi connectivity index (χ1) is 12.7. The van der Waals surface area contributed by atoms with Gasteiger partial charge in [-0.3, -0.25) is 9.69 Å². The molecular weight excluding hydrogens is 328 g/mol. The number of carbonyl (C=O) groups is 1. The highest BCUT2D eigenvalue weighted by Crippen LogP contribution is 2.29. The predicted octanol–water partition coefficient (Wildman–Crippen LogP) is 2.45. The molecular formula is C20H24N4O2. The molecule has 0 aliphatic carbocycles. The van der Waals surface area contributed by atoms with Crippen LogP contribution in [0.1, 0.15) is 46.3 Å². The number of fused-ring (bicyclic) bond motifs is 1. The summed E-state index contributed by atoms with van der Waals surface area (Å²) in [5.41, 5.74) is 2.79. The zero-order chi connectivity index (χ0) is 18.1. The van der Waals surface area contributed by atoms with Crippen LogP contribution in [0, 0.1) is 0 Å². The van der Waals surface area contributed by atoms with Gasteiger partial charge in [0.15, 0.2) is 0 Å². The third-order valence-corrected chi connectivity index (χ3v) is 5.37. The standard InChI is InChI=1S/C20H24N4O2/c1-23-9-4-7-18(23)19-21-12-15-13-24(10-8-17(15)22-19)20(25)14-5-3-6-16(11-14)26-2/h3,5-6,11-12,18H,4,7-10,13H2,1-2H3/t18-/m0/s1. The Morgan fingerprint density at radius 1 is 1.31 bits per heavy atom. The molecule has 2 aliphatic heterocycles. The fourth-order valence-corrected chi connectivity index (χ4v) is 3.84. The largest absolute Gasteiger partial charge is 0.497 e. The maximum atomic E-state index is 12.8. The van der Waals surface area contributed by atoms with E-state index in [-0.39, 0.29) is 5.91 Å². The lowest BCUT2D eigenvalue weighted by atomic mass is 10.0. The Kier molecular flexibility index (Phi) is 4.59. The van der Waals surface area contributed by atoms with Crippen LogP contribution in [0.2, 0.25) is 0 Å². The highest BCUT2D eigenvalue weighted by atomic mass is 16.5. The van der Waals surface area contributed by atoms with E-state index in [1.54, 1.807) is 13.2 Å². The molecule has 1 aromatic carbocycles. The van der Waals surface area contributed by atoms with Crippen molar-refractivity contribution in [3.05, 3.63) is 53.1 Å². The molecule has 1 saturated heterocycles. The SMILES string of the molecule is COc1cccc(C(=O)N2CCc3nc([C@@H]4CCCN4C)ncc3C2)c1. The maximum Gasteiger partial charge on any atom is 0.254 e. The van der Waals surface area contributed by atoms with Gasteiger partial charge < -0.3 is 9.64 Å². The summed E-state index contributed by atoms with van der Waals surface area (Å²) in [6.45, 7) is 2.35. The molecule has 2 aliphatic rings. The average molecular weight is 352 g/mol. The second-order valence-corrected chi connectivity index (χ2v) is 7.05. The van der Waals surface area contributed by atoms with Crippen molar-refractivity contribution in [1.29, 1.82) is 0 Å². The molecule has 0 spiro atoms. The molecule has 0 radical (unpaired) electrons. The number of nitrogens with zero attached hydrogens (tertiary/aromatic N) is 4. The van der Waals surface area contributed by atoms with Crippen molar-refractivity contribution in [2.24, 2.45) is 0 Å². The van der Waals surface area contributed by atoms with Crippen molar-refractivity contribution in [1.82, 2.24) is 19.8 Å². The van der Waals surface area contributed by atoms with Gasteiger partial charge in [-0.1, -0.05) is 6.07 Å². The monoisotopic (exact) mass is 352 g/mol. The lowest BCUT2D eigenvalue weighted by Gasteiger charge is -2.29. The van der Waals surface area contributed by atoms with Crippen molar-refractivity contribution in [2.75, 3.05) is 27.2 Å². The Hall–Kier alpha value is -2.47. The number of hydrogen-bond acceptors (Lipinski definition) is 5. The Morgan fingerprint density at radius 2 is 2.19 bits per heavy atom. The topological polar surface area (TPSA) is 58.6 Å². The molecule has 4 rings (SSSR count). The first-order valence-electron chi connectivity index (χ1n) is 9.14. The van der Waals surface area contributed by atoms with Crippen LogP contribution in [0.4, 0.5) is 0 Å². The molecule has 0 bridgehead atoms. The Balaban J connectivity index is 1.51. The maximum absolute atomic E-state index is 12.8. The Labute approximate surface area is 153 Å². The molecule has 2 aromatic rings. The summed E-state index contributed by atoms with van der Waals surface area (Å²) >= 11 is 0. The molecule has 1 amide bonds. The highest BCUT2D eigenvalue weighted by Gasteiger charge is 2.28. The van der Waals surface area contributed by atoms with Crippen LogP contribution in [0.25, 0.3) is 0 Å². The second-order valence-electron chi connectivity index (χ2n) is 7.05. The van der Waals surface area contributed by atoms with Crippen LogP contribution >= 0.6 is 0 Å². The minimum atomic E-state index is 0.0224. The van der Waals surface area contributed by atoms with Gasteiger partial charge in [0.1, 0.15) is 11.6 Å². The number of ether oxygens (including phenoxy) is 1. The molecule has 26 heavy (non-hydrogen) atoms. The number of amides is 1. The number of methoxy groups -OCH3 is 1. The van der Waals surface area contributed by atoms with E-state index in [0.717, 1.165) is 36.5 Å². The van der Waals surface area contributed by atoms with E-state index in [2.05, 4.69) is 16.9 Å². The molecule has 0 unspecified atom stereocenters. The smallest absolute Gasteiger partial charge is 0.254 e. The van der Waals surface area contributed by atoms with Gasteiger partial charge in [-0.15, -0.1) is 0 Å². The molecule has 6 nitrogen and oxygen atoms in total. The number of aromatic nitrogens is 2. The number of likely N-dealkylation sites (tertiary alicyclic amines) is 1. The molecule has 1 fully saturated rings. The van der Waals surface area contributed by atoms with E-state index in [0.29, 0.717) is 30.4 Å². The quantitative estimate of drug-likeness (QED) is 0.849. The second kappa shape index (κ2) is 7.03. The summed E-state index contributed by atoms with van der Waals surface area (Å²) in [5.74, 6) is 1.65. The summed E-state index contributed by atoms with van der Waals surface area (Å²) in [4.78, 5) is 26.4. The lowest BCUT2D eigenvalue weighted by Crippen LogP contribution is -2.36. The Bertz CT molecular complexity index is 823. The van der Waals surface area contributed by atoms with E-state index >= 15 is 0 Å². The molecule has 136 valence electrons. The van der Waals surface area contributed by atoms with Crippen molar-refractivity contribution in [3.8, 4) is 5.75 Å². The number of hydrogen-bond donors (Lipinski definition) is 0. The van der Waals surface area contributed by atoms with Crippen LogP contribution in [-0.2, 0) is 13.0 Å². The zero-order valence-electron chi connectivity index (χ0n) is 15.3. The van der Waals surface area contributed by atoms with Crippen LogP contribution in [0.3, 0.4) is 0 Å². The lowest BCUT2D eigenvalue weighted by molar-refractivity contribution is 0.0732. The van der Waals surface area contributed by atoms with E-state index in [9.17, 15) is 4.79 Å². The summed E-state index contributed by atoms with van der Waals surface area (Å²) in [6, 6.07) is 7.63. The van der Waals surface area contributed by atoms with Crippen molar-refractivity contribution in [2.45, 2.75) is 31.8 Å². The highest BCUT2D eigenvalue weighted by molar-refractivity contribution is 5.94. The van der Waals surface area contributed by atoms with Gasteiger partial charge in [0.2, 0.25) is 0 Å². The molecule has 0 saturated carbocycles. The normalized spacial score (nSPS) is 20.1. The average Bonchev–Trinajstić information content (AvgIpc) is 3.12. The van der Waals surface area contributed by atoms with Gasteiger partial charge >= 0.3 is 0 Å². The fraction of sp³-hybridized carbons (Fsp3) is 0.450. The predicted molar refractivity (Wildman–Crippen MR) is 98.1 cm³/mol. The van der Waals surface area contributed by atoms with E-state index < -0.39 is 0 Å². The summed E-state index contributed by atoms with van der Waals surface area (Å²) in [6.07, 6.45) is 5.01. The molecule has 0 N–H and O–H groups in total. The zero-order valence-corrected chi connectivity index (χ0v) is 15.3. The third kappa shape index (κ3) is 3.17. The van der Waals surface area contributed by atoms with Gasteiger partial charge in [0.25, 0.3) is 5.91 Å². The van der Waals surface area contributed by atoms with Gasteiger partial charge in [-0.25, -0.2) is 9.97 Å². The minimum absolute atomic E-state index is 0.0224. The summed E-state index contributed by atoms with van der Waals surface area (Å²) in [7, 11) is 3.74.